The fourth-order valence-corrected chi connectivity index (χ4v) is 1.91. The Labute approximate surface area is 119 Å². The van der Waals surface area contributed by atoms with Gasteiger partial charge >= 0.3 is 0 Å². The van der Waals surface area contributed by atoms with Crippen molar-refractivity contribution >= 4 is 0 Å². The summed E-state index contributed by atoms with van der Waals surface area (Å²) in [7, 11) is 1.91. The third-order valence-corrected chi connectivity index (χ3v) is 2.96. The number of nitrogens with one attached hydrogen (secondary N) is 1. The lowest BCUT2D eigenvalue weighted by molar-refractivity contribution is 0.240. The van der Waals surface area contributed by atoms with Gasteiger partial charge < -0.3 is 14.6 Å². The Balaban J connectivity index is 1.93. The molecule has 0 saturated carbocycles. The molecule has 2 aromatic rings. The number of hydrogen-bond donors (Lipinski definition) is 1. The van der Waals surface area contributed by atoms with E-state index in [-0.39, 0.29) is 0 Å². The number of nitrogens with zero attached hydrogens (tertiary/aromatic N) is 2. The predicted octanol–water partition coefficient (Wildman–Crippen LogP) is 2.71. The number of rotatable bonds is 8. The molecule has 0 amide bonds. The van der Waals surface area contributed by atoms with Crippen molar-refractivity contribution in [2.45, 2.75) is 39.3 Å². The molecule has 0 atom stereocenters. The van der Waals surface area contributed by atoms with E-state index in [0.717, 1.165) is 42.9 Å². The zero-order valence-electron chi connectivity index (χ0n) is 12.1. The average molecular weight is 275 g/mol. The molecule has 20 heavy (non-hydrogen) atoms. The van der Waals surface area contributed by atoms with E-state index in [1.165, 1.54) is 0 Å². The van der Waals surface area contributed by atoms with Crippen molar-refractivity contribution in [3.63, 3.8) is 0 Å². The van der Waals surface area contributed by atoms with Crippen molar-refractivity contribution in [3.05, 3.63) is 41.5 Å². The number of hydrogen-bond acceptors (Lipinski definition) is 5. The highest BCUT2D eigenvalue weighted by molar-refractivity contribution is 5.33. The third-order valence-electron chi connectivity index (χ3n) is 2.96. The molecule has 1 aromatic carbocycles. The molecule has 0 fully saturated rings. The first-order chi connectivity index (χ1) is 9.83. The summed E-state index contributed by atoms with van der Waals surface area (Å²) in [5.41, 5.74) is 1.11. The Morgan fingerprint density at radius 3 is 2.95 bits per heavy atom. The second-order valence-corrected chi connectivity index (χ2v) is 4.63. The number of benzene rings is 1. The molecule has 0 bridgehead atoms. The number of ether oxygens (including phenoxy) is 1. The van der Waals surface area contributed by atoms with Gasteiger partial charge in [0.25, 0.3) is 5.89 Å². The van der Waals surface area contributed by atoms with Crippen LogP contribution in [0.2, 0.25) is 0 Å². The van der Waals surface area contributed by atoms with E-state index in [0.29, 0.717) is 12.5 Å². The summed E-state index contributed by atoms with van der Waals surface area (Å²) < 4.78 is 10.9. The van der Waals surface area contributed by atoms with Gasteiger partial charge in [0, 0.05) is 18.5 Å². The van der Waals surface area contributed by atoms with E-state index in [4.69, 9.17) is 9.26 Å². The Hall–Kier alpha value is -1.88. The quantitative estimate of drug-likeness (QED) is 0.802. The summed E-state index contributed by atoms with van der Waals surface area (Å²) in [4.78, 5) is 4.32. The largest absolute Gasteiger partial charge is 0.483 e. The van der Waals surface area contributed by atoms with Crippen LogP contribution in [0.3, 0.4) is 0 Å². The second kappa shape index (κ2) is 7.65. The zero-order valence-corrected chi connectivity index (χ0v) is 12.1. The first-order valence-corrected chi connectivity index (χ1v) is 7.00. The molecule has 2 rings (SSSR count). The molecule has 108 valence electrons. The molecule has 1 N–H and O–H groups in total. The highest BCUT2D eigenvalue weighted by Gasteiger charge is 2.08. The summed E-state index contributed by atoms with van der Waals surface area (Å²) in [6.07, 6.45) is 3.05. The first-order valence-electron chi connectivity index (χ1n) is 7.00. The van der Waals surface area contributed by atoms with Crippen LogP contribution in [0.15, 0.2) is 28.8 Å². The van der Waals surface area contributed by atoms with Gasteiger partial charge in [0.05, 0.1) is 0 Å². The molecule has 0 spiro atoms. The lowest BCUT2D eigenvalue weighted by Gasteiger charge is -2.09. The van der Waals surface area contributed by atoms with Crippen molar-refractivity contribution in [2.75, 3.05) is 7.05 Å². The maximum Gasteiger partial charge on any atom is 0.264 e. The van der Waals surface area contributed by atoms with Gasteiger partial charge in [0.1, 0.15) is 5.75 Å². The molecular formula is C15H21N3O2. The van der Waals surface area contributed by atoms with Gasteiger partial charge in [-0.1, -0.05) is 36.7 Å². The second-order valence-electron chi connectivity index (χ2n) is 4.63. The first kappa shape index (κ1) is 14.5. The Bertz CT molecular complexity index is 525. The standard InChI is InChI=1S/C15H21N3O2/c1-3-4-9-14-17-15(20-18-14)11-19-13-8-6-5-7-12(13)10-16-2/h5-8,16H,3-4,9-11H2,1-2H3. The van der Waals surface area contributed by atoms with E-state index < -0.39 is 0 Å². The predicted molar refractivity (Wildman–Crippen MR) is 76.4 cm³/mol. The van der Waals surface area contributed by atoms with E-state index in [2.05, 4.69) is 22.4 Å². The van der Waals surface area contributed by atoms with Crippen LogP contribution in [0.25, 0.3) is 0 Å². The van der Waals surface area contributed by atoms with Gasteiger partial charge in [-0.25, -0.2) is 0 Å². The van der Waals surface area contributed by atoms with Crippen LogP contribution >= 0.6 is 0 Å². The molecule has 5 heteroatoms. The molecule has 1 heterocycles. The number of aromatic nitrogens is 2. The maximum atomic E-state index is 5.76. The van der Waals surface area contributed by atoms with E-state index in [9.17, 15) is 0 Å². The Morgan fingerprint density at radius 1 is 1.30 bits per heavy atom. The van der Waals surface area contributed by atoms with Gasteiger partial charge in [-0.3, -0.25) is 0 Å². The summed E-state index contributed by atoms with van der Waals surface area (Å²) in [6, 6.07) is 7.93. The monoisotopic (exact) mass is 275 g/mol. The van der Waals surface area contributed by atoms with Crippen molar-refractivity contribution in [1.29, 1.82) is 0 Å². The van der Waals surface area contributed by atoms with Crippen molar-refractivity contribution in [1.82, 2.24) is 15.5 Å². The highest BCUT2D eigenvalue weighted by Crippen LogP contribution is 2.18. The molecule has 0 saturated heterocycles. The minimum Gasteiger partial charge on any atom is -0.483 e. The van der Waals surface area contributed by atoms with Crippen molar-refractivity contribution < 1.29 is 9.26 Å². The fraction of sp³-hybridized carbons (Fsp3) is 0.467. The smallest absolute Gasteiger partial charge is 0.264 e. The number of aryl methyl sites for hydroxylation is 1. The molecule has 0 radical (unpaired) electrons. The van der Waals surface area contributed by atoms with Crippen LogP contribution in [-0.4, -0.2) is 17.2 Å². The minimum absolute atomic E-state index is 0.305. The van der Waals surface area contributed by atoms with Crippen LogP contribution < -0.4 is 10.1 Å². The number of para-hydroxylation sites is 1. The van der Waals surface area contributed by atoms with E-state index in [1.54, 1.807) is 0 Å². The molecule has 0 aliphatic rings. The van der Waals surface area contributed by atoms with Crippen LogP contribution in [-0.2, 0) is 19.6 Å². The van der Waals surface area contributed by atoms with Gasteiger partial charge in [-0.2, -0.15) is 4.98 Å². The third kappa shape index (κ3) is 4.06. The maximum absolute atomic E-state index is 5.76. The molecular weight excluding hydrogens is 254 g/mol. The van der Waals surface area contributed by atoms with Crippen molar-refractivity contribution in [2.24, 2.45) is 0 Å². The normalized spacial score (nSPS) is 10.7. The molecule has 0 unspecified atom stereocenters. The van der Waals surface area contributed by atoms with Gasteiger partial charge in [0.15, 0.2) is 12.4 Å². The van der Waals surface area contributed by atoms with Crippen LogP contribution in [0.5, 0.6) is 5.75 Å². The Kier molecular flexibility index (Phi) is 5.55. The van der Waals surface area contributed by atoms with Gasteiger partial charge in [0.2, 0.25) is 0 Å². The molecule has 0 aliphatic carbocycles. The van der Waals surface area contributed by atoms with Crippen molar-refractivity contribution in [3.8, 4) is 5.75 Å². The summed E-state index contributed by atoms with van der Waals surface area (Å²) in [5.74, 6) is 2.12. The average Bonchev–Trinajstić information content (AvgIpc) is 2.92. The highest BCUT2D eigenvalue weighted by atomic mass is 16.5. The topological polar surface area (TPSA) is 60.2 Å². The molecule has 0 aliphatic heterocycles. The van der Waals surface area contributed by atoms with E-state index in [1.807, 2.05) is 31.3 Å². The SMILES string of the molecule is CCCCc1noc(COc2ccccc2CNC)n1. The van der Waals surface area contributed by atoms with Gasteiger partial charge in [-0.05, 0) is 19.5 Å². The van der Waals surface area contributed by atoms with Gasteiger partial charge in [-0.15, -0.1) is 0 Å². The summed E-state index contributed by atoms with van der Waals surface area (Å²) in [6.45, 7) is 3.21. The lowest BCUT2D eigenvalue weighted by Crippen LogP contribution is -2.07. The van der Waals surface area contributed by atoms with Crippen LogP contribution in [0, 0.1) is 0 Å². The molecule has 1 aromatic heterocycles. The summed E-state index contributed by atoms with van der Waals surface area (Å²) in [5, 5.41) is 7.06. The minimum atomic E-state index is 0.305. The lowest BCUT2D eigenvalue weighted by atomic mass is 10.2. The number of unbranched alkanes of at least 4 members (excludes halogenated alkanes) is 1. The summed E-state index contributed by atoms with van der Waals surface area (Å²) >= 11 is 0. The zero-order chi connectivity index (χ0) is 14.2. The van der Waals surface area contributed by atoms with Crippen LogP contribution in [0.4, 0.5) is 0 Å². The molecule has 5 nitrogen and oxygen atoms in total. The fourth-order valence-electron chi connectivity index (χ4n) is 1.91. The van der Waals surface area contributed by atoms with E-state index >= 15 is 0 Å². The van der Waals surface area contributed by atoms with Crippen LogP contribution in [0.1, 0.15) is 37.0 Å². The Morgan fingerprint density at radius 2 is 2.15 bits per heavy atom.